The molecule has 0 saturated carbocycles. The average Bonchev–Trinajstić information content (AvgIpc) is 3.51. The maximum atomic E-state index is 13.1. The van der Waals surface area contributed by atoms with Crippen molar-refractivity contribution in [2.45, 2.75) is 17.7 Å². The number of hydrogen-bond acceptors (Lipinski definition) is 7. The van der Waals surface area contributed by atoms with Crippen LogP contribution in [0, 0.1) is 0 Å². The van der Waals surface area contributed by atoms with Crippen molar-refractivity contribution in [1.29, 1.82) is 0 Å². The first-order valence-electron chi connectivity index (χ1n) is 10.1. The summed E-state index contributed by atoms with van der Waals surface area (Å²) in [7, 11) is -3.13. The number of carbonyl (C=O) groups is 1. The molecule has 5 rings (SSSR count). The van der Waals surface area contributed by atoms with Crippen molar-refractivity contribution >= 4 is 44.1 Å². The molecular formula is C22H20N4O4S2. The van der Waals surface area contributed by atoms with Crippen molar-refractivity contribution < 1.29 is 17.6 Å². The Kier molecular flexibility index (Phi) is 5.48. The van der Waals surface area contributed by atoms with E-state index in [0.717, 1.165) is 28.2 Å². The van der Waals surface area contributed by atoms with Gasteiger partial charge in [-0.3, -0.25) is 4.79 Å². The van der Waals surface area contributed by atoms with Crippen LogP contribution < -0.4 is 4.90 Å². The molecule has 2 aromatic carbocycles. The first-order chi connectivity index (χ1) is 15.5. The number of hydrogen-bond donors (Lipinski definition) is 1. The van der Waals surface area contributed by atoms with Gasteiger partial charge in [0.2, 0.25) is 5.91 Å². The van der Waals surface area contributed by atoms with Crippen LogP contribution in [0.15, 0.2) is 70.4 Å². The zero-order valence-corrected chi connectivity index (χ0v) is 18.6. The first kappa shape index (κ1) is 20.8. The molecule has 1 aliphatic rings. The van der Waals surface area contributed by atoms with Crippen molar-refractivity contribution in [2.24, 2.45) is 0 Å². The van der Waals surface area contributed by atoms with Gasteiger partial charge in [0.15, 0.2) is 9.84 Å². The lowest BCUT2D eigenvalue weighted by molar-refractivity contribution is -0.116. The number of nitrogens with zero attached hydrogens (tertiary/aromatic N) is 3. The average molecular weight is 469 g/mol. The number of aromatic nitrogens is 3. The number of thioether (sulfide) groups is 1. The number of amides is 1. The number of para-hydroxylation sites is 2. The molecule has 0 bridgehead atoms. The second-order valence-corrected chi connectivity index (χ2v) is 10.7. The minimum absolute atomic E-state index is 0.0242. The normalized spacial score (nSPS) is 17.6. The van der Waals surface area contributed by atoms with Crippen molar-refractivity contribution in [2.75, 3.05) is 22.2 Å². The molecule has 1 fully saturated rings. The third-order valence-electron chi connectivity index (χ3n) is 5.42. The minimum atomic E-state index is -3.13. The van der Waals surface area contributed by atoms with Crippen LogP contribution >= 0.6 is 11.8 Å². The Bertz CT molecular complexity index is 1360. The number of fused-ring (bicyclic) bond motifs is 1. The van der Waals surface area contributed by atoms with E-state index in [1.54, 1.807) is 4.90 Å². The van der Waals surface area contributed by atoms with E-state index in [0.29, 0.717) is 18.0 Å². The maximum absolute atomic E-state index is 13.1. The van der Waals surface area contributed by atoms with Gasteiger partial charge in [-0.05, 0) is 24.6 Å². The van der Waals surface area contributed by atoms with Crippen molar-refractivity contribution in [3.8, 4) is 11.5 Å². The molecule has 10 heteroatoms. The number of anilines is 1. The Morgan fingerprint density at radius 2 is 1.91 bits per heavy atom. The van der Waals surface area contributed by atoms with E-state index >= 15 is 0 Å². The topological polar surface area (TPSA) is 109 Å². The van der Waals surface area contributed by atoms with Gasteiger partial charge >= 0.3 is 0 Å². The number of sulfone groups is 1. The Labute approximate surface area is 188 Å². The van der Waals surface area contributed by atoms with Crippen LogP contribution in [0.3, 0.4) is 0 Å². The summed E-state index contributed by atoms with van der Waals surface area (Å²) in [5, 5.41) is 9.45. The molecule has 8 nitrogen and oxygen atoms in total. The Balaban J connectivity index is 1.33. The third kappa shape index (κ3) is 4.15. The van der Waals surface area contributed by atoms with Crippen molar-refractivity contribution in [1.82, 2.24) is 15.2 Å². The zero-order chi connectivity index (χ0) is 22.1. The van der Waals surface area contributed by atoms with Crippen molar-refractivity contribution in [3.05, 3.63) is 60.8 Å². The summed E-state index contributed by atoms with van der Waals surface area (Å²) >= 11 is 1.14. The fraction of sp³-hybridized carbons (Fsp3) is 0.227. The van der Waals surface area contributed by atoms with Gasteiger partial charge in [-0.1, -0.05) is 48.2 Å². The molecule has 1 amide bonds. The number of carbonyl (C=O) groups excluding carboxylic acids is 1. The molecule has 1 aliphatic heterocycles. The number of H-pyrrole nitrogens is 1. The quantitative estimate of drug-likeness (QED) is 0.431. The predicted octanol–water partition coefficient (Wildman–Crippen LogP) is 3.53. The first-order valence-corrected chi connectivity index (χ1v) is 12.9. The summed E-state index contributed by atoms with van der Waals surface area (Å²) in [5.74, 6) is 0.304. The van der Waals surface area contributed by atoms with Crippen LogP contribution in [-0.2, 0) is 14.6 Å². The lowest BCUT2D eigenvalue weighted by Gasteiger charge is -2.28. The number of benzene rings is 2. The summed E-state index contributed by atoms with van der Waals surface area (Å²) in [4.78, 5) is 17.9. The van der Waals surface area contributed by atoms with Gasteiger partial charge in [-0.15, -0.1) is 10.2 Å². The Morgan fingerprint density at radius 1 is 1.12 bits per heavy atom. The Morgan fingerprint density at radius 3 is 2.69 bits per heavy atom. The molecule has 1 N–H and O–H groups in total. The monoisotopic (exact) mass is 468 g/mol. The van der Waals surface area contributed by atoms with Crippen LogP contribution in [0.4, 0.5) is 5.69 Å². The van der Waals surface area contributed by atoms with E-state index in [2.05, 4.69) is 15.2 Å². The standard InChI is InChI=1S/C22H20N4O4S2/c27-20(26(15-6-2-1-3-7-15)16-10-11-32(28,29)14-16)13-31-22-25-24-21(30-22)18-12-23-19-9-5-4-8-17(18)19/h1-9,12,16,23H,10-11,13-14H2. The fourth-order valence-corrected chi connectivity index (χ4v) is 6.27. The largest absolute Gasteiger partial charge is 0.411 e. The Hall–Kier alpha value is -3.11. The fourth-order valence-electron chi connectivity index (χ4n) is 3.94. The molecule has 4 aromatic rings. The van der Waals surface area contributed by atoms with Gasteiger partial charge in [0.25, 0.3) is 11.1 Å². The van der Waals surface area contributed by atoms with E-state index in [1.165, 1.54) is 0 Å². The lowest BCUT2D eigenvalue weighted by atomic mass is 10.2. The second kappa shape index (κ2) is 8.44. The molecule has 1 atom stereocenters. The SMILES string of the molecule is O=C(CSc1nnc(-c2c[nH]c3ccccc23)o1)N(c1ccccc1)C1CCS(=O)(=O)C1. The molecule has 1 saturated heterocycles. The molecular weight excluding hydrogens is 448 g/mol. The molecule has 164 valence electrons. The van der Waals surface area contributed by atoms with Gasteiger partial charge in [0, 0.05) is 22.8 Å². The zero-order valence-electron chi connectivity index (χ0n) is 17.0. The van der Waals surface area contributed by atoms with Gasteiger partial charge < -0.3 is 14.3 Å². The van der Waals surface area contributed by atoms with Crippen LogP contribution in [-0.4, -0.2) is 52.8 Å². The van der Waals surface area contributed by atoms with Crippen LogP contribution in [0.1, 0.15) is 6.42 Å². The van der Waals surface area contributed by atoms with Crippen molar-refractivity contribution in [3.63, 3.8) is 0 Å². The molecule has 3 heterocycles. The molecule has 0 radical (unpaired) electrons. The van der Waals surface area contributed by atoms with Gasteiger partial charge in [-0.2, -0.15) is 0 Å². The minimum Gasteiger partial charge on any atom is -0.411 e. The molecule has 2 aromatic heterocycles. The second-order valence-electron chi connectivity index (χ2n) is 7.57. The number of aromatic amines is 1. The van der Waals surface area contributed by atoms with Crippen LogP contribution in [0.5, 0.6) is 0 Å². The highest BCUT2D eigenvalue weighted by Gasteiger charge is 2.35. The summed E-state index contributed by atoms with van der Waals surface area (Å²) in [6, 6.07) is 16.6. The van der Waals surface area contributed by atoms with E-state index < -0.39 is 9.84 Å². The summed E-state index contributed by atoms with van der Waals surface area (Å²) in [6.45, 7) is 0. The number of rotatable bonds is 6. The third-order valence-corrected chi connectivity index (χ3v) is 7.98. The van der Waals surface area contributed by atoms with Gasteiger partial charge in [-0.25, -0.2) is 8.42 Å². The van der Waals surface area contributed by atoms with Gasteiger partial charge in [0.1, 0.15) is 0 Å². The highest BCUT2D eigenvalue weighted by Crippen LogP contribution is 2.30. The van der Waals surface area contributed by atoms with Gasteiger partial charge in [0.05, 0.1) is 28.9 Å². The van der Waals surface area contributed by atoms with Crippen LogP contribution in [0.25, 0.3) is 22.4 Å². The van der Waals surface area contributed by atoms with E-state index in [1.807, 2.05) is 60.8 Å². The predicted molar refractivity (Wildman–Crippen MR) is 123 cm³/mol. The maximum Gasteiger partial charge on any atom is 0.277 e. The summed E-state index contributed by atoms with van der Waals surface area (Å²) in [6.07, 6.45) is 2.24. The lowest BCUT2D eigenvalue weighted by Crippen LogP contribution is -2.42. The summed E-state index contributed by atoms with van der Waals surface area (Å²) in [5.41, 5.74) is 2.45. The van der Waals surface area contributed by atoms with E-state index in [-0.39, 0.29) is 34.4 Å². The highest BCUT2D eigenvalue weighted by atomic mass is 32.2. The molecule has 1 unspecified atom stereocenters. The van der Waals surface area contributed by atoms with E-state index in [9.17, 15) is 13.2 Å². The number of nitrogens with one attached hydrogen (secondary N) is 1. The highest BCUT2D eigenvalue weighted by molar-refractivity contribution is 7.99. The molecule has 0 aliphatic carbocycles. The summed E-state index contributed by atoms with van der Waals surface area (Å²) < 4.78 is 29.8. The smallest absolute Gasteiger partial charge is 0.277 e. The van der Waals surface area contributed by atoms with E-state index in [4.69, 9.17) is 4.42 Å². The molecule has 0 spiro atoms. The molecule has 32 heavy (non-hydrogen) atoms. The van der Waals surface area contributed by atoms with Crippen LogP contribution in [0.2, 0.25) is 0 Å².